The fourth-order valence-corrected chi connectivity index (χ4v) is 2.06. The molecule has 2 aromatic rings. The molecule has 0 aliphatic carbocycles. The number of rotatable bonds is 6. The summed E-state index contributed by atoms with van der Waals surface area (Å²) in [5.41, 5.74) is 1.13. The van der Waals surface area contributed by atoms with Gasteiger partial charge >= 0.3 is 5.97 Å². The largest absolute Gasteiger partial charge is 0.496 e. The fourth-order valence-electron chi connectivity index (χ4n) is 2.06. The third-order valence-corrected chi connectivity index (χ3v) is 3.36. The minimum Gasteiger partial charge on any atom is -0.496 e. The number of nitro groups is 1. The summed E-state index contributed by atoms with van der Waals surface area (Å²) >= 11 is 0. The van der Waals surface area contributed by atoms with E-state index in [1.807, 2.05) is 0 Å². The van der Waals surface area contributed by atoms with Crippen LogP contribution in [0, 0.1) is 10.1 Å². The highest BCUT2D eigenvalue weighted by Crippen LogP contribution is 2.22. The van der Waals surface area contributed by atoms with Crippen LogP contribution < -0.4 is 4.74 Å². The number of non-ortho nitro benzene ring substituents is 1. The van der Waals surface area contributed by atoms with Crippen LogP contribution in [0.3, 0.4) is 0 Å². The summed E-state index contributed by atoms with van der Waals surface area (Å²) in [5.74, 6) is -0.239. The highest BCUT2D eigenvalue weighted by molar-refractivity contribution is 5.94. The second-order valence-corrected chi connectivity index (χ2v) is 4.96. The summed E-state index contributed by atoms with van der Waals surface area (Å²) in [5, 5.41) is 10.6. The zero-order valence-electron chi connectivity index (χ0n) is 13.1. The van der Waals surface area contributed by atoms with Gasteiger partial charge in [0.05, 0.1) is 17.6 Å². The second-order valence-electron chi connectivity index (χ2n) is 4.96. The van der Waals surface area contributed by atoms with Gasteiger partial charge in [0, 0.05) is 23.3 Å². The predicted molar refractivity (Wildman–Crippen MR) is 85.2 cm³/mol. The Morgan fingerprint density at radius 3 is 2.25 bits per heavy atom. The number of carbonyl (C=O) groups is 2. The Kier molecular flexibility index (Phi) is 5.26. The molecular formula is C17H15NO6. The van der Waals surface area contributed by atoms with Crippen molar-refractivity contribution in [3.63, 3.8) is 0 Å². The molecule has 24 heavy (non-hydrogen) atoms. The first kappa shape index (κ1) is 17.1. The number of ether oxygens (including phenoxy) is 2. The highest BCUT2D eigenvalue weighted by Gasteiger charge is 2.13. The molecule has 7 nitrogen and oxygen atoms in total. The van der Waals surface area contributed by atoms with Crippen LogP contribution in [0.25, 0.3) is 0 Å². The lowest BCUT2D eigenvalue weighted by atomic mass is 10.1. The van der Waals surface area contributed by atoms with Crippen LogP contribution in [0.15, 0.2) is 42.5 Å². The Morgan fingerprint density at radius 1 is 1.08 bits per heavy atom. The van der Waals surface area contributed by atoms with Crippen molar-refractivity contribution in [1.29, 1.82) is 0 Å². The number of hydrogen-bond donors (Lipinski definition) is 0. The molecule has 0 saturated heterocycles. The molecule has 0 saturated carbocycles. The van der Waals surface area contributed by atoms with Crippen LogP contribution in [-0.2, 0) is 11.3 Å². The number of nitro benzene ring substituents is 1. The summed E-state index contributed by atoms with van der Waals surface area (Å²) < 4.78 is 10.4. The number of carbonyl (C=O) groups excluding carboxylic acids is 2. The highest BCUT2D eigenvalue weighted by atomic mass is 16.6. The molecule has 0 atom stereocenters. The van der Waals surface area contributed by atoms with Crippen molar-refractivity contribution in [3.8, 4) is 5.75 Å². The molecule has 0 unspecified atom stereocenters. The molecule has 0 fully saturated rings. The van der Waals surface area contributed by atoms with E-state index in [9.17, 15) is 19.7 Å². The summed E-state index contributed by atoms with van der Waals surface area (Å²) in [4.78, 5) is 33.5. The van der Waals surface area contributed by atoms with E-state index in [2.05, 4.69) is 0 Å². The van der Waals surface area contributed by atoms with Crippen molar-refractivity contribution in [2.75, 3.05) is 7.11 Å². The van der Waals surface area contributed by atoms with Gasteiger partial charge in [-0.3, -0.25) is 14.9 Å². The quantitative estimate of drug-likeness (QED) is 0.349. The maximum atomic E-state index is 12.0. The monoisotopic (exact) mass is 329 g/mol. The van der Waals surface area contributed by atoms with Crippen LogP contribution in [0.4, 0.5) is 5.69 Å². The molecular weight excluding hydrogens is 314 g/mol. The first-order valence-corrected chi connectivity index (χ1v) is 7.02. The van der Waals surface area contributed by atoms with E-state index in [4.69, 9.17) is 9.47 Å². The minimum absolute atomic E-state index is 0.0832. The summed E-state index contributed by atoms with van der Waals surface area (Å²) in [6, 6.07) is 9.97. The Bertz CT molecular complexity index is 782. The molecule has 0 bridgehead atoms. The van der Waals surface area contributed by atoms with Gasteiger partial charge in [0.1, 0.15) is 12.4 Å². The van der Waals surface area contributed by atoms with Gasteiger partial charge < -0.3 is 9.47 Å². The average molecular weight is 329 g/mol. The number of esters is 1. The Balaban J connectivity index is 2.12. The molecule has 0 spiro atoms. The van der Waals surface area contributed by atoms with Crippen molar-refractivity contribution in [3.05, 3.63) is 69.3 Å². The van der Waals surface area contributed by atoms with E-state index in [1.165, 1.54) is 38.3 Å². The molecule has 2 rings (SSSR count). The lowest BCUT2D eigenvalue weighted by Gasteiger charge is -2.10. The molecule has 124 valence electrons. The molecule has 7 heteroatoms. The van der Waals surface area contributed by atoms with Crippen molar-refractivity contribution < 1.29 is 24.0 Å². The number of methoxy groups -OCH3 is 1. The van der Waals surface area contributed by atoms with Gasteiger partial charge in [0.25, 0.3) is 5.69 Å². The van der Waals surface area contributed by atoms with Crippen LogP contribution >= 0.6 is 0 Å². The maximum absolute atomic E-state index is 12.0. The van der Waals surface area contributed by atoms with Crippen LogP contribution in [0.2, 0.25) is 0 Å². The van der Waals surface area contributed by atoms with E-state index < -0.39 is 10.9 Å². The minimum atomic E-state index is -0.625. The van der Waals surface area contributed by atoms with Gasteiger partial charge in [-0.1, -0.05) is 0 Å². The number of ketones is 1. The second kappa shape index (κ2) is 7.36. The summed E-state index contributed by atoms with van der Waals surface area (Å²) in [6.07, 6.45) is 0. The first-order chi connectivity index (χ1) is 11.4. The normalized spacial score (nSPS) is 10.1. The topological polar surface area (TPSA) is 95.7 Å². The van der Waals surface area contributed by atoms with Crippen molar-refractivity contribution in [1.82, 2.24) is 0 Å². The van der Waals surface area contributed by atoms with E-state index in [0.717, 1.165) is 0 Å². The lowest BCUT2D eigenvalue weighted by molar-refractivity contribution is -0.384. The zero-order chi connectivity index (χ0) is 17.7. The maximum Gasteiger partial charge on any atom is 0.338 e. The van der Waals surface area contributed by atoms with E-state index in [-0.39, 0.29) is 23.6 Å². The number of benzene rings is 2. The van der Waals surface area contributed by atoms with Crippen LogP contribution in [0.1, 0.15) is 33.2 Å². The van der Waals surface area contributed by atoms with Gasteiger partial charge in [0.2, 0.25) is 0 Å². The van der Waals surface area contributed by atoms with Crippen LogP contribution in [-0.4, -0.2) is 23.8 Å². The molecule has 0 aliphatic rings. The summed E-state index contributed by atoms with van der Waals surface area (Å²) in [7, 11) is 1.48. The summed E-state index contributed by atoms with van der Waals surface area (Å²) in [6.45, 7) is 1.36. The van der Waals surface area contributed by atoms with Crippen molar-refractivity contribution >= 4 is 17.4 Å². The Hall–Kier alpha value is -3.22. The first-order valence-electron chi connectivity index (χ1n) is 7.02. The van der Waals surface area contributed by atoms with Gasteiger partial charge in [-0.2, -0.15) is 0 Å². The third-order valence-electron chi connectivity index (χ3n) is 3.36. The number of nitrogens with zero attached hydrogens (tertiary/aromatic N) is 1. The van der Waals surface area contributed by atoms with Crippen molar-refractivity contribution in [2.45, 2.75) is 13.5 Å². The lowest BCUT2D eigenvalue weighted by Crippen LogP contribution is -2.07. The molecule has 0 amide bonds. The van der Waals surface area contributed by atoms with E-state index in [0.29, 0.717) is 16.9 Å². The molecule has 0 aromatic heterocycles. The van der Waals surface area contributed by atoms with Gasteiger partial charge in [-0.05, 0) is 37.3 Å². The standard InChI is InChI=1S/C17H15NO6/c1-11(19)13-5-8-16(23-2)14(9-13)10-24-17(20)12-3-6-15(7-4-12)18(21)22/h3-9H,10H2,1-2H3. The number of Topliss-reactive ketones (excluding diaryl/α,β-unsaturated/α-hetero) is 1. The fraction of sp³-hybridized carbons (Fsp3) is 0.176. The predicted octanol–water partition coefficient (Wildman–Crippen LogP) is 3.16. The number of hydrogen-bond acceptors (Lipinski definition) is 6. The molecule has 0 radical (unpaired) electrons. The van der Waals surface area contributed by atoms with Gasteiger partial charge in [-0.25, -0.2) is 4.79 Å². The smallest absolute Gasteiger partial charge is 0.338 e. The Labute approximate surface area is 138 Å². The third kappa shape index (κ3) is 3.95. The average Bonchev–Trinajstić information content (AvgIpc) is 2.59. The van der Waals surface area contributed by atoms with Gasteiger partial charge in [-0.15, -0.1) is 0 Å². The van der Waals surface area contributed by atoms with E-state index >= 15 is 0 Å². The van der Waals surface area contributed by atoms with Crippen molar-refractivity contribution in [2.24, 2.45) is 0 Å². The van der Waals surface area contributed by atoms with Crippen LogP contribution in [0.5, 0.6) is 5.75 Å². The van der Waals surface area contributed by atoms with Gasteiger partial charge in [0.15, 0.2) is 5.78 Å². The zero-order valence-corrected chi connectivity index (χ0v) is 13.1. The molecule has 0 heterocycles. The Morgan fingerprint density at radius 2 is 1.71 bits per heavy atom. The van der Waals surface area contributed by atoms with E-state index in [1.54, 1.807) is 18.2 Å². The molecule has 0 N–H and O–H groups in total. The molecule has 2 aromatic carbocycles. The molecule has 0 aliphatic heterocycles. The SMILES string of the molecule is COc1ccc(C(C)=O)cc1COC(=O)c1ccc([N+](=O)[O-])cc1.